The molecule has 0 aromatic heterocycles. The highest BCUT2D eigenvalue weighted by atomic mass is 19.1. The van der Waals surface area contributed by atoms with Crippen LogP contribution < -0.4 is 5.32 Å². The number of phenols is 1. The van der Waals surface area contributed by atoms with Gasteiger partial charge in [0.1, 0.15) is 11.6 Å². The van der Waals surface area contributed by atoms with Crippen molar-refractivity contribution in [3.8, 4) is 5.75 Å². The molecule has 1 rings (SSSR count). The molecule has 0 spiro atoms. The van der Waals surface area contributed by atoms with Gasteiger partial charge in [-0.1, -0.05) is 0 Å². The van der Waals surface area contributed by atoms with Gasteiger partial charge >= 0.3 is 0 Å². The van der Waals surface area contributed by atoms with E-state index in [-0.39, 0.29) is 11.3 Å². The van der Waals surface area contributed by atoms with Crippen LogP contribution in [-0.2, 0) is 9.47 Å². The number of halogens is 1. The number of ether oxygens (including phenoxy) is 2. The van der Waals surface area contributed by atoms with E-state index in [1.807, 2.05) is 0 Å². The van der Waals surface area contributed by atoms with Crippen molar-refractivity contribution in [3.63, 3.8) is 0 Å². The Bertz CT molecular complexity index is 412. The van der Waals surface area contributed by atoms with Crippen molar-refractivity contribution in [3.05, 3.63) is 29.6 Å². The van der Waals surface area contributed by atoms with E-state index in [1.165, 1.54) is 6.07 Å². The van der Waals surface area contributed by atoms with Crippen LogP contribution in [0.15, 0.2) is 18.2 Å². The Morgan fingerprint density at radius 3 is 2.84 bits per heavy atom. The molecule has 1 aromatic carbocycles. The number of hydrogen-bond acceptors (Lipinski definition) is 4. The maximum atomic E-state index is 12.7. The van der Waals surface area contributed by atoms with Crippen LogP contribution in [0.1, 0.15) is 16.8 Å². The summed E-state index contributed by atoms with van der Waals surface area (Å²) in [6.45, 7) is 1.99. The number of carbonyl (C=O) groups excluding carboxylic acids is 1. The molecule has 0 heterocycles. The summed E-state index contributed by atoms with van der Waals surface area (Å²) in [7, 11) is 1.60. The van der Waals surface area contributed by atoms with Gasteiger partial charge in [-0.25, -0.2) is 4.39 Å². The number of carbonyl (C=O) groups is 1. The molecule has 0 bridgehead atoms. The molecule has 1 amide bonds. The Kier molecular flexibility index (Phi) is 6.84. The van der Waals surface area contributed by atoms with Crippen molar-refractivity contribution < 1.29 is 23.8 Å². The minimum Gasteiger partial charge on any atom is -0.507 e. The predicted octanol–water partition coefficient (Wildman–Crippen LogP) is 1.31. The Labute approximate surface area is 111 Å². The molecule has 5 nitrogen and oxygen atoms in total. The summed E-state index contributed by atoms with van der Waals surface area (Å²) < 4.78 is 22.8. The lowest BCUT2D eigenvalue weighted by Gasteiger charge is -2.07. The molecule has 0 aliphatic heterocycles. The van der Waals surface area contributed by atoms with Gasteiger partial charge in [-0.2, -0.15) is 0 Å². The average molecular weight is 271 g/mol. The molecule has 0 saturated heterocycles. The lowest BCUT2D eigenvalue weighted by molar-refractivity contribution is 0.0688. The lowest BCUT2D eigenvalue weighted by atomic mass is 10.2. The van der Waals surface area contributed by atoms with Crippen LogP contribution in [0.2, 0.25) is 0 Å². The van der Waals surface area contributed by atoms with Crippen molar-refractivity contribution in [2.24, 2.45) is 0 Å². The molecule has 2 N–H and O–H groups in total. The third kappa shape index (κ3) is 5.67. The smallest absolute Gasteiger partial charge is 0.255 e. The topological polar surface area (TPSA) is 67.8 Å². The molecule has 0 unspecified atom stereocenters. The van der Waals surface area contributed by atoms with Crippen molar-refractivity contribution in [2.45, 2.75) is 6.42 Å². The molecule has 0 aliphatic carbocycles. The number of hydrogen-bond donors (Lipinski definition) is 2. The number of amides is 1. The predicted molar refractivity (Wildman–Crippen MR) is 67.7 cm³/mol. The van der Waals surface area contributed by atoms with Crippen LogP contribution in [0.4, 0.5) is 4.39 Å². The van der Waals surface area contributed by atoms with Crippen molar-refractivity contribution in [2.75, 3.05) is 33.5 Å². The number of rotatable bonds is 8. The standard InChI is InChI=1S/C13H18FNO4/c1-18-7-8-19-6-2-5-15-13(17)11-4-3-10(14)9-12(11)16/h3-4,9,16H,2,5-8H2,1H3,(H,15,17). The van der Waals surface area contributed by atoms with Gasteiger partial charge in [0.25, 0.3) is 5.91 Å². The van der Waals surface area contributed by atoms with E-state index >= 15 is 0 Å². The quantitative estimate of drug-likeness (QED) is 0.700. The molecule has 0 atom stereocenters. The third-order valence-electron chi connectivity index (χ3n) is 2.39. The average Bonchev–Trinajstić information content (AvgIpc) is 2.37. The van der Waals surface area contributed by atoms with Gasteiger partial charge in [-0.05, 0) is 18.6 Å². The first-order valence-corrected chi connectivity index (χ1v) is 5.98. The van der Waals surface area contributed by atoms with E-state index in [2.05, 4.69) is 5.32 Å². The normalized spacial score (nSPS) is 10.4. The summed E-state index contributed by atoms with van der Waals surface area (Å²) in [5.74, 6) is -1.39. The second kappa shape index (κ2) is 8.44. The van der Waals surface area contributed by atoms with Crippen LogP contribution in [0, 0.1) is 5.82 Å². The van der Waals surface area contributed by atoms with E-state index in [0.29, 0.717) is 32.8 Å². The van der Waals surface area contributed by atoms with Gasteiger partial charge in [-0.15, -0.1) is 0 Å². The van der Waals surface area contributed by atoms with E-state index in [1.54, 1.807) is 7.11 Å². The molecule has 0 saturated carbocycles. The zero-order valence-corrected chi connectivity index (χ0v) is 10.8. The van der Waals surface area contributed by atoms with E-state index in [0.717, 1.165) is 12.1 Å². The van der Waals surface area contributed by atoms with Crippen LogP contribution >= 0.6 is 0 Å². The highest BCUT2D eigenvalue weighted by molar-refractivity contribution is 5.96. The number of phenolic OH excluding ortho intramolecular Hbond substituents is 1. The van der Waals surface area contributed by atoms with Crippen LogP contribution in [0.3, 0.4) is 0 Å². The molecule has 19 heavy (non-hydrogen) atoms. The number of methoxy groups -OCH3 is 1. The first-order valence-electron chi connectivity index (χ1n) is 5.98. The van der Waals surface area contributed by atoms with Gasteiger partial charge in [-0.3, -0.25) is 4.79 Å². The van der Waals surface area contributed by atoms with E-state index < -0.39 is 11.7 Å². The van der Waals surface area contributed by atoms with Crippen LogP contribution in [0.25, 0.3) is 0 Å². The monoisotopic (exact) mass is 271 g/mol. The Morgan fingerprint density at radius 2 is 2.16 bits per heavy atom. The fourth-order valence-corrected chi connectivity index (χ4v) is 1.41. The molecule has 106 valence electrons. The Balaban J connectivity index is 2.24. The minimum atomic E-state index is -0.583. The second-order valence-corrected chi connectivity index (χ2v) is 3.88. The van der Waals surface area contributed by atoms with Gasteiger partial charge < -0.3 is 19.9 Å². The summed E-state index contributed by atoms with van der Waals surface area (Å²) in [4.78, 5) is 11.7. The summed E-state index contributed by atoms with van der Waals surface area (Å²) in [5.41, 5.74) is 0.0571. The first kappa shape index (κ1) is 15.4. The SMILES string of the molecule is COCCOCCCNC(=O)c1ccc(F)cc1O. The van der Waals surface area contributed by atoms with Crippen LogP contribution in [-0.4, -0.2) is 44.5 Å². The van der Waals surface area contributed by atoms with Crippen molar-refractivity contribution >= 4 is 5.91 Å². The number of nitrogens with one attached hydrogen (secondary N) is 1. The number of aromatic hydroxyl groups is 1. The summed E-state index contributed by atoms with van der Waals surface area (Å²) >= 11 is 0. The summed E-state index contributed by atoms with van der Waals surface area (Å²) in [6, 6.07) is 3.28. The first-order chi connectivity index (χ1) is 9.15. The zero-order valence-electron chi connectivity index (χ0n) is 10.8. The largest absolute Gasteiger partial charge is 0.507 e. The molecule has 6 heteroatoms. The fourth-order valence-electron chi connectivity index (χ4n) is 1.41. The van der Waals surface area contributed by atoms with Crippen LogP contribution in [0.5, 0.6) is 5.75 Å². The number of benzene rings is 1. The minimum absolute atomic E-state index is 0.0571. The third-order valence-corrected chi connectivity index (χ3v) is 2.39. The Morgan fingerprint density at radius 1 is 1.37 bits per heavy atom. The summed E-state index contributed by atoms with van der Waals surface area (Å²) in [5, 5.41) is 12.0. The highest BCUT2D eigenvalue weighted by Gasteiger charge is 2.10. The summed E-state index contributed by atoms with van der Waals surface area (Å²) in [6.07, 6.45) is 0.650. The van der Waals surface area contributed by atoms with Gasteiger partial charge in [0.05, 0.1) is 18.8 Å². The molecule has 1 aromatic rings. The molecular formula is C13H18FNO4. The lowest BCUT2D eigenvalue weighted by Crippen LogP contribution is -2.25. The van der Waals surface area contributed by atoms with Gasteiger partial charge in [0, 0.05) is 26.3 Å². The molecule has 0 aliphatic rings. The Hall–Kier alpha value is -1.66. The molecule has 0 radical (unpaired) electrons. The fraction of sp³-hybridized carbons (Fsp3) is 0.462. The highest BCUT2D eigenvalue weighted by Crippen LogP contribution is 2.17. The maximum Gasteiger partial charge on any atom is 0.255 e. The maximum absolute atomic E-state index is 12.7. The zero-order chi connectivity index (χ0) is 14.1. The van der Waals surface area contributed by atoms with Crippen molar-refractivity contribution in [1.82, 2.24) is 5.32 Å². The molecular weight excluding hydrogens is 253 g/mol. The molecule has 0 fully saturated rings. The second-order valence-electron chi connectivity index (χ2n) is 3.88. The van der Waals surface area contributed by atoms with E-state index in [9.17, 15) is 14.3 Å². The van der Waals surface area contributed by atoms with Gasteiger partial charge in [0.15, 0.2) is 0 Å². The van der Waals surface area contributed by atoms with Gasteiger partial charge in [0.2, 0.25) is 0 Å². The van der Waals surface area contributed by atoms with Crippen molar-refractivity contribution in [1.29, 1.82) is 0 Å². The van der Waals surface area contributed by atoms with E-state index in [4.69, 9.17) is 9.47 Å².